The number of sulfonamides is 1. The van der Waals surface area contributed by atoms with Crippen molar-refractivity contribution < 1.29 is 21.6 Å². The quantitative estimate of drug-likeness (QED) is 0.867. The third kappa shape index (κ3) is 3.19. The maximum absolute atomic E-state index is 12.7. The third-order valence-corrected chi connectivity index (χ3v) is 4.68. The molecule has 0 aliphatic rings. The molecule has 0 aliphatic carbocycles. The number of hydrogen-bond donors (Lipinski definition) is 0. The van der Waals surface area contributed by atoms with E-state index in [0.29, 0.717) is 11.8 Å². The van der Waals surface area contributed by atoms with Crippen molar-refractivity contribution in [2.45, 2.75) is 18.0 Å². The fourth-order valence-corrected chi connectivity index (χ4v) is 2.86. The molecule has 9 heteroatoms. The van der Waals surface area contributed by atoms with Gasteiger partial charge >= 0.3 is 6.18 Å². The second kappa shape index (κ2) is 5.56. The Morgan fingerprint density at radius 3 is 2.32 bits per heavy atom. The molecule has 0 spiro atoms. The second-order valence-electron chi connectivity index (χ2n) is 4.53. The second-order valence-corrected chi connectivity index (χ2v) is 6.50. The lowest BCUT2D eigenvalue weighted by Crippen LogP contribution is -2.28. The molecule has 1 aromatic heterocycles. The van der Waals surface area contributed by atoms with Crippen LogP contribution in [0, 0.1) is 6.92 Å². The highest BCUT2D eigenvalue weighted by Gasteiger charge is 2.32. The summed E-state index contributed by atoms with van der Waals surface area (Å²) in [5.74, 6) is 0.0167. The predicted molar refractivity (Wildman–Crippen MR) is 73.8 cm³/mol. The van der Waals surface area contributed by atoms with Gasteiger partial charge in [0.25, 0.3) is 10.0 Å². The number of aromatic nitrogens is 2. The van der Waals surface area contributed by atoms with Gasteiger partial charge in [0, 0.05) is 7.05 Å². The number of aryl methyl sites for hydroxylation is 1. The van der Waals surface area contributed by atoms with Crippen LogP contribution >= 0.6 is 0 Å². The van der Waals surface area contributed by atoms with Gasteiger partial charge in [0.2, 0.25) is 0 Å². The summed E-state index contributed by atoms with van der Waals surface area (Å²) in [5, 5.41) is 7.44. The Bertz CT molecular complexity index is 774. The lowest BCUT2D eigenvalue weighted by atomic mass is 10.2. The number of halogens is 3. The molecule has 0 aliphatic heterocycles. The van der Waals surface area contributed by atoms with Crippen molar-refractivity contribution in [2.75, 3.05) is 11.4 Å². The number of benzene rings is 1. The van der Waals surface area contributed by atoms with Crippen LogP contribution in [0.4, 0.5) is 19.0 Å². The Kier molecular flexibility index (Phi) is 4.10. The predicted octanol–water partition coefficient (Wildman–Crippen LogP) is 2.63. The van der Waals surface area contributed by atoms with Crippen molar-refractivity contribution in [2.24, 2.45) is 0 Å². The van der Waals surface area contributed by atoms with Gasteiger partial charge in [-0.15, -0.1) is 5.10 Å². The molecule has 2 rings (SSSR count). The SMILES string of the molecule is Cc1ccc(N(C)S(=O)(=O)c2cccc(C(F)(F)F)c2)nn1. The molecular weight excluding hydrogens is 319 g/mol. The van der Waals surface area contributed by atoms with Crippen LogP contribution in [0.2, 0.25) is 0 Å². The summed E-state index contributed by atoms with van der Waals surface area (Å²) in [7, 11) is -2.95. The number of rotatable bonds is 3. The van der Waals surface area contributed by atoms with Gasteiger partial charge in [-0.25, -0.2) is 8.42 Å². The molecular formula is C13H12F3N3O2S. The average Bonchev–Trinajstić information content (AvgIpc) is 2.46. The average molecular weight is 331 g/mol. The minimum absolute atomic E-state index is 0.0167. The van der Waals surface area contributed by atoms with E-state index in [1.54, 1.807) is 13.0 Å². The highest BCUT2D eigenvalue weighted by Crippen LogP contribution is 2.31. The Balaban J connectivity index is 2.44. The van der Waals surface area contributed by atoms with Gasteiger partial charge in [-0.05, 0) is 37.3 Å². The van der Waals surface area contributed by atoms with E-state index in [4.69, 9.17) is 0 Å². The molecule has 1 aromatic carbocycles. The summed E-state index contributed by atoms with van der Waals surface area (Å²) in [6, 6.07) is 6.53. The third-order valence-electron chi connectivity index (χ3n) is 2.93. The lowest BCUT2D eigenvalue weighted by molar-refractivity contribution is -0.137. The summed E-state index contributed by atoms with van der Waals surface area (Å²) in [6.07, 6.45) is -4.62. The lowest BCUT2D eigenvalue weighted by Gasteiger charge is -2.18. The maximum atomic E-state index is 12.7. The first kappa shape index (κ1) is 16.2. The number of hydrogen-bond acceptors (Lipinski definition) is 4. The standard InChI is InChI=1S/C13H12F3N3O2S/c1-9-6-7-12(18-17-9)19(2)22(20,21)11-5-3-4-10(8-11)13(14,15)16/h3-8H,1-2H3. The van der Waals surface area contributed by atoms with Crippen molar-refractivity contribution in [1.82, 2.24) is 10.2 Å². The largest absolute Gasteiger partial charge is 0.416 e. The molecule has 0 fully saturated rings. The fraction of sp³-hybridized carbons (Fsp3) is 0.231. The summed E-state index contributed by atoms with van der Waals surface area (Å²) in [6.45, 7) is 1.68. The smallest absolute Gasteiger partial charge is 0.251 e. The van der Waals surface area contributed by atoms with Gasteiger partial charge in [-0.1, -0.05) is 6.07 Å². The zero-order valence-electron chi connectivity index (χ0n) is 11.7. The van der Waals surface area contributed by atoms with Crippen molar-refractivity contribution in [3.8, 4) is 0 Å². The van der Waals surface area contributed by atoms with E-state index in [0.717, 1.165) is 22.5 Å². The molecule has 5 nitrogen and oxygen atoms in total. The molecule has 2 aromatic rings. The molecule has 0 saturated carbocycles. The van der Waals surface area contributed by atoms with E-state index >= 15 is 0 Å². The molecule has 0 bridgehead atoms. The molecule has 118 valence electrons. The van der Waals surface area contributed by atoms with E-state index in [9.17, 15) is 21.6 Å². The van der Waals surface area contributed by atoms with E-state index in [2.05, 4.69) is 10.2 Å². The number of alkyl halides is 3. The normalized spacial score (nSPS) is 12.2. The Labute approximate surface area is 125 Å². The van der Waals surface area contributed by atoms with Gasteiger partial charge in [-0.2, -0.15) is 18.3 Å². The molecule has 0 amide bonds. The zero-order chi connectivity index (χ0) is 16.5. The van der Waals surface area contributed by atoms with Crippen molar-refractivity contribution in [3.63, 3.8) is 0 Å². The first-order chi connectivity index (χ1) is 10.1. The molecule has 1 heterocycles. The van der Waals surface area contributed by atoms with Crippen LogP contribution in [0.25, 0.3) is 0 Å². The van der Waals surface area contributed by atoms with Crippen LogP contribution in [0.3, 0.4) is 0 Å². The minimum atomic E-state index is -4.62. The van der Waals surface area contributed by atoms with Crippen LogP contribution in [0.1, 0.15) is 11.3 Å². The van der Waals surface area contributed by atoms with E-state index < -0.39 is 26.7 Å². The summed E-state index contributed by atoms with van der Waals surface area (Å²) in [4.78, 5) is -0.466. The molecule has 0 unspecified atom stereocenters. The van der Waals surface area contributed by atoms with Crippen LogP contribution < -0.4 is 4.31 Å². The zero-order valence-corrected chi connectivity index (χ0v) is 12.5. The van der Waals surface area contributed by atoms with Gasteiger partial charge in [0.15, 0.2) is 5.82 Å². The summed E-state index contributed by atoms with van der Waals surface area (Å²) in [5.41, 5.74) is -0.439. The molecule has 22 heavy (non-hydrogen) atoms. The molecule has 0 N–H and O–H groups in total. The Hall–Kier alpha value is -2.16. The van der Waals surface area contributed by atoms with Crippen molar-refractivity contribution >= 4 is 15.8 Å². The van der Waals surface area contributed by atoms with Gasteiger partial charge in [-0.3, -0.25) is 4.31 Å². The van der Waals surface area contributed by atoms with Crippen LogP contribution in [0.5, 0.6) is 0 Å². The van der Waals surface area contributed by atoms with Crippen LogP contribution in [-0.2, 0) is 16.2 Å². The Morgan fingerprint density at radius 2 is 1.77 bits per heavy atom. The molecule has 0 atom stereocenters. The minimum Gasteiger partial charge on any atom is -0.251 e. The fourth-order valence-electron chi connectivity index (χ4n) is 1.67. The van der Waals surface area contributed by atoms with Crippen molar-refractivity contribution in [3.05, 3.63) is 47.7 Å². The molecule has 0 saturated heterocycles. The van der Waals surface area contributed by atoms with E-state index in [-0.39, 0.29) is 5.82 Å². The highest BCUT2D eigenvalue weighted by atomic mass is 32.2. The highest BCUT2D eigenvalue weighted by molar-refractivity contribution is 7.92. The van der Waals surface area contributed by atoms with Gasteiger partial charge in [0.05, 0.1) is 16.2 Å². The Morgan fingerprint density at radius 1 is 1.09 bits per heavy atom. The first-order valence-electron chi connectivity index (χ1n) is 6.09. The van der Waals surface area contributed by atoms with E-state index in [1.807, 2.05) is 0 Å². The van der Waals surface area contributed by atoms with E-state index in [1.165, 1.54) is 13.1 Å². The molecule has 0 radical (unpaired) electrons. The van der Waals surface area contributed by atoms with Gasteiger partial charge < -0.3 is 0 Å². The topological polar surface area (TPSA) is 63.2 Å². The summed E-state index contributed by atoms with van der Waals surface area (Å²) < 4.78 is 63.6. The van der Waals surface area contributed by atoms with Crippen LogP contribution in [-0.4, -0.2) is 25.7 Å². The van der Waals surface area contributed by atoms with Crippen LogP contribution in [0.15, 0.2) is 41.3 Å². The monoisotopic (exact) mass is 331 g/mol. The summed E-state index contributed by atoms with van der Waals surface area (Å²) >= 11 is 0. The van der Waals surface area contributed by atoms with Gasteiger partial charge in [0.1, 0.15) is 0 Å². The number of nitrogens with zero attached hydrogens (tertiary/aromatic N) is 3. The van der Waals surface area contributed by atoms with Crippen molar-refractivity contribution in [1.29, 1.82) is 0 Å². The first-order valence-corrected chi connectivity index (χ1v) is 7.53. The number of anilines is 1. The maximum Gasteiger partial charge on any atom is 0.416 e.